The number of hydrogen-bond acceptors (Lipinski definition) is 4. The number of aryl methyl sites for hydroxylation is 1. The Balaban J connectivity index is 0.000000640. The second kappa shape index (κ2) is 11.0. The summed E-state index contributed by atoms with van der Waals surface area (Å²) >= 11 is 9.36. The lowest BCUT2D eigenvalue weighted by molar-refractivity contribution is 0.401. The predicted octanol–water partition coefficient (Wildman–Crippen LogP) is 8.32. The fourth-order valence-corrected chi connectivity index (χ4v) is 4.49. The van der Waals surface area contributed by atoms with E-state index in [0.717, 1.165) is 34.0 Å². The Kier molecular flexibility index (Phi) is 9.00. The Morgan fingerprint density at radius 1 is 1.18 bits per heavy atom. The molecule has 0 N–H and O–H groups in total. The number of hydrogen-bond donors (Lipinski definition) is 0. The van der Waals surface area contributed by atoms with E-state index in [0.29, 0.717) is 0 Å². The van der Waals surface area contributed by atoms with Crippen molar-refractivity contribution in [3.05, 3.63) is 70.8 Å². The third-order valence-corrected chi connectivity index (χ3v) is 6.88. The van der Waals surface area contributed by atoms with E-state index in [4.69, 9.17) is 15.9 Å². The van der Waals surface area contributed by atoms with Crippen LogP contribution in [0.5, 0.6) is 0 Å². The molecule has 0 spiro atoms. The van der Waals surface area contributed by atoms with Crippen LogP contribution in [0.3, 0.4) is 0 Å². The highest BCUT2D eigenvalue weighted by molar-refractivity contribution is 8.00. The van der Waals surface area contributed by atoms with Crippen LogP contribution >= 0.6 is 35.4 Å². The summed E-state index contributed by atoms with van der Waals surface area (Å²) in [6.45, 7) is 10.6. The van der Waals surface area contributed by atoms with Gasteiger partial charge in [-0.05, 0) is 64.4 Å². The number of rotatable bonds is 4. The molecule has 0 aromatic heterocycles. The Bertz CT molecular complexity index is 829. The molecule has 1 heterocycles. The molecule has 0 bridgehead atoms. The van der Waals surface area contributed by atoms with Crippen LogP contribution in [0.1, 0.15) is 51.7 Å². The molecule has 0 saturated heterocycles. The summed E-state index contributed by atoms with van der Waals surface area (Å²) in [6.07, 6.45) is 5.94. The highest BCUT2D eigenvalue weighted by Crippen LogP contribution is 2.45. The lowest BCUT2D eigenvalue weighted by atomic mass is 9.95. The summed E-state index contributed by atoms with van der Waals surface area (Å²) in [5.74, 6) is 0. The first kappa shape index (κ1) is 22.9. The molecule has 0 saturated carbocycles. The lowest BCUT2D eigenvalue weighted by Gasteiger charge is -2.33. The molecule has 0 radical (unpaired) electrons. The van der Waals surface area contributed by atoms with Gasteiger partial charge in [0.25, 0.3) is 0 Å². The summed E-state index contributed by atoms with van der Waals surface area (Å²) in [4.78, 5) is 2.26. The SMILES string of the molecule is C/C=C\C.CCC1(C)C/C(=N\OSc2ccc(C)cc2)c2cc(Cl)ccc2S1. The molecule has 2 aromatic carbocycles. The number of benzene rings is 2. The summed E-state index contributed by atoms with van der Waals surface area (Å²) in [6, 6.07) is 14.2. The molecule has 1 atom stereocenters. The van der Waals surface area contributed by atoms with Gasteiger partial charge >= 0.3 is 0 Å². The van der Waals surface area contributed by atoms with Crippen molar-refractivity contribution in [3.63, 3.8) is 0 Å². The molecule has 2 aromatic rings. The van der Waals surface area contributed by atoms with Crippen LogP contribution in [-0.2, 0) is 4.28 Å². The van der Waals surface area contributed by atoms with Gasteiger partial charge in [-0.1, -0.05) is 53.5 Å². The normalized spacial score (nSPS) is 19.9. The fourth-order valence-electron chi connectivity index (χ4n) is 2.55. The highest BCUT2D eigenvalue weighted by atomic mass is 35.5. The van der Waals surface area contributed by atoms with Gasteiger partial charge in [0.15, 0.2) is 0 Å². The number of allylic oxidation sites excluding steroid dienone is 2. The molecule has 2 nitrogen and oxygen atoms in total. The maximum Gasteiger partial charge on any atom is 0.125 e. The second-order valence-corrected chi connectivity index (χ2v) is 9.75. The van der Waals surface area contributed by atoms with Crippen molar-refractivity contribution >= 4 is 41.1 Å². The number of nitrogens with zero attached hydrogens (tertiary/aromatic N) is 1. The van der Waals surface area contributed by atoms with E-state index in [9.17, 15) is 0 Å². The van der Waals surface area contributed by atoms with Crippen molar-refractivity contribution in [2.24, 2.45) is 5.16 Å². The van der Waals surface area contributed by atoms with E-state index in [2.05, 4.69) is 44.1 Å². The van der Waals surface area contributed by atoms with Gasteiger partial charge in [-0.2, -0.15) is 0 Å². The molecule has 0 aliphatic carbocycles. The van der Waals surface area contributed by atoms with Gasteiger partial charge < -0.3 is 4.28 Å². The third-order valence-electron chi connectivity index (χ3n) is 4.53. The lowest BCUT2D eigenvalue weighted by Crippen LogP contribution is -2.28. The number of oxime groups is 1. The zero-order chi connectivity index (χ0) is 20.6. The molecular formula is C23H28ClNOS2. The molecule has 0 fully saturated rings. The standard InChI is InChI=1S/C19H20ClNOS2.C4H8/c1-4-19(3)12-17(16-11-14(20)7-10-18(16)23-19)21-22-24-15-8-5-13(2)6-9-15;1-3-4-2/h5-11H,4,12H2,1-3H3;3-4H,1-2H3/b21-17+;4-3-. The van der Waals surface area contributed by atoms with Gasteiger partial charge in [0.1, 0.15) is 12.0 Å². The average molecular weight is 434 g/mol. The molecule has 1 aliphatic heterocycles. The van der Waals surface area contributed by atoms with Gasteiger partial charge in [-0.3, -0.25) is 0 Å². The van der Waals surface area contributed by atoms with E-state index < -0.39 is 0 Å². The van der Waals surface area contributed by atoms with Crippen molar-refractivity contribution in [2.45, 2.75) is 62.0 Å². The van der Waals surface area contributed by atoms with Crippen LogP contribution in [0.2, 0.25) is 5.02 Å². The third kappa shape index (κ3) is 6.61. The molecule has 1 aliphatic rings. The van der Waals surface area contributed by atoms with E-state index in [1.54, 1.807) is 0 Å². The van der Waals surface area contributed by atoms with Crippen molar-refractivity contribution in [3.8, 4) is 0 Å². The maximum atomic E-state index is 6.18. The van der Waals surface area contributed by atoms with Gasteiger partial charge in [0.05, 0.1) is 10.6 Å². The molecule has 28 heavy (non-hydrogen) atoms. The van der Waals surface area contributed by atoms with Crippen molar-refractivity contribution < 1.29 is 4.28 Å². The second-order valence-electron chi connectivity index (χ2n) is 6.90. The summed E-state index contributed by atoms with van der Waals surface area (Å²) in [5.41, 5.74) is 3.29. The minimum atomic E-state index is 0.136. The Labute approximate surface area is 183 Å². The van der Waals surface area contributed by atoms with Crippen molar-refractivity contribution in [1.82, 2.24) is 0 Å². The van der Waals surface area contributed by atoms with Crippen LogP contribution in [0, 0.1) is 6.92 Å². The first-order chi connectivity index (χ1) is 13.4. The highest BCUT2D eigenvalue weighted by Gasteiger charge is 2.33. The van der Waals surface area contributed by atoms with Gasteiger partial charge in [-0.25, -0.2) is 0 Å². The zero-order valence-corrected chi connectivity index (χ0v) is 19.5. The predicted molar refractivity (Wildman–Crippen MR) is 126 cm³/mol. The van der Waals surface area contributed by atoms with E-state index in [-0.39, 0.29) is 4.75 Å². The van der Waals surface area contributed by atoms with Gasteiger partial charge in [0.2, 0.25) is 0 Å². The quantitative estimate of drug-likeness (QED) is 0.274. The Morgan fingerprint density at radius 2 is 1.86 bits per heavy atom. The topological polar surface area (TPSA) is 21.6 Å². The van der Waals surface area contributed by atoms with Crippen LogP contribution in [0.25, 0.3) is 0 Å². The number of fused-ring (bicyclic) bond motifs is 1. The average Bonchev–Trinajstić information content (AvgIpc) is 2.70. The van der Waals surface area contributed by atoms with E-state index >= 15 is 0 Å². The molecule has 0 amide bonds. The molecular weight excluding hydrogens is 406 g/mol. The Morgan fingerprint density at radius 3 is 2.46 bits per heavy atom. The van der Waals surface area contributed by atoms with Crippen LogP contribution < -0.4 is 0 Å². The number of halogens is 1. The van der Waals surface area contributed by atoms with E-state index in [1.165, 1.54) is 22.5 Å². The molecule has 5 heteroatoms. The van der Waals surface area contributed by atoms with E-state index in [1.807, 2.05) is 62.0 Å². The van der Waals surface area contributed by atoms with Crippen LogP contribution in [0.4, 0.5) is 0 Å². The summed E-state index contributed by atoms with van der Waals surface area (Å²) < 4.78 is 5.72. The monoisotopic (exact) mass is 433 g/mol. The summed E-state index contributed by atoms with van der Waals surface area (Å²) in [5, 5.41) is 5.16. The Hall–Kier alpha value is -1.36. The largest absolute Gasteiger partial charge is 0.317 e. The van der Waals surface area contributed by atoms with Crippen molar-refractivity contribution in [1.29, 1.82) is 0 Å². The maximum absolute atomic E-state index is 6.18. The van der Waals surface area contributed by atoms with Crippen LogP contribution in [-0.4, -0.2) is 10.5 Å². The zero-order valence-electron chi connectivity index (χ0n) is 17.2. The molecule has 3 rings (SSSR count). The smallest absolute Gasteiger partial charge is 0.125 e. The summed E-state index contributed by atoms with van der Waals surface area (Å²) in [7, 11) is 0. The first-order valence-electron chi connectivity index (χ1n) is 9.44. The molecule has 150 valence electrons. The van der Waals surface area contributed by atoms with Crippen LogP contribution in [0.15, 0.2) is 69.6 Å². The molecule has 1 unspecified atom stereocenters. The van der Waals surface area contributed by atoms with Crippen molar-refractivity contribution in [2.75, 3.05) is 0 Å². The minimum Gasteiger partial charge on any atom is -0.317 e. The van der Waals surface area contributed by atoms with Gasteiger partial charge in [-0.15, -0.1) is 11.8 Å². The minimum absolute atomic E-state index is 0.136. The first-order valence-corrected chi connectivity index (χ1v) is 11.4. The fraction of sp³-hybridized carbons (Fsp3) is 0.348. The van der Waals surface area contributed by atoms with Gasteiger partial charge in [0, 0.05) is 26.6 Å². The number of thioether (sulfide) groups is 1.